The summed E-state index contributed by atoms with van der Waals surface area (Å²) in [6, 6.07) is 7.58. The number of likely N-dealkylation sites (N-methyl/N-ethyl adjacent to an activating group) is 2. The highest BCUT2D eigenvalue weighted by molar-refractivity contribution is 5.97. The smallest absolute Gasteiger partial charge is 0.341 e. The Labute approximate surface area is 270 Å². The molecule has 0 spiro atoms. The third kappa shape index (κ3) is 6.27. The number of ether oxygens (including phenoxy) is 1. The van der Waals surface area contributed by atoms with E-state index in [-0.39, 0.29) is 17.4 Å². The van der Waals surface area contributed by atoms with E-state index in [1.807, 2.05) is 71.3 Å². The number of benzene rings is 1. The highest BCUT2D eigenvalue weighted by Crippen LogP contribution is 2.46. The molecular formula is C33H44N10O3. The number of aromatic carboxylic acids is 1. The summed E-state index contributed by atoms with van der Waals surface area (Å²) >= 11 is 0. The number of carboxylic acid groups (broad SMARTS) is 1. The third-order valence-corrected chi connectivity index (χ3v) is 8.18. The normalized spacial score (nSPS) is 13.8. The second-order valence-electron chi connectivity index (χ2n) is 13.0. The van der Waals surface area contributed by atoms with Gasteiger partial charge in [-0.15, -0.1) is 0 Å². The predicted molar refractivity (Wildman–Crippen MR) is 182 cm³/mol. The van der Waals surface area contributed by atoms with Gasteiger partial charge in [-0.2, -0.15) is 10.1 Å². The molecular weight excluding hydrogens is 584 g/mol. The molecule has 0 atom stereocenters. The van der Waals surface area contributed by atoms with Crippen LogP contribution in [0.25, 0.3) is 11.3 Å². The zero-order valence-electron chi connectivity index (χ0n) is 28.1. The SMILES string of the molecule is COc1cc(N(C)CCN(C)C)c(N)cc1Nc1nc(C(C)C)c(C(=O)O)c(N2CC(C)(C)c3nc(-c4cnn(C)c4)ccc32)n1. The van der Waals surface area contributed by atoms with Gasteiger partial charge in [0, 0.05) is 57.0 Å². The molecule has 0 aliphatic carbocycles. The van der Waals surface area contributed by atoms with E-state index in [4.69, 9.17) is 25.4 Å². The standard InChI is InChI=1S/C33H44N10O3/c1-19(2)28-27(31(44)45)30(43-18-33(3,4)29-24(43)11-10-22(36-29)20-16-35-42(8)17-20)39-32(38-28)37-23-14-21(34)25(15-26(23)46-9)41(7)13-12-40(5)6/h10-11,14-17,19H,12-13,18,34H2,1-9H3,(H,44,45)(H,37,38,39). The Morgan fingerprint density at radius 1 is 1.15 bits per heavy atom. The molecule has 0 saturated carbocycles. The van der Waals surface area contributed by atoms with Crippen molar-refractivity contribution < 1.29 is 14.6 Å². The fourth-order valence-electron chi connectivity index (χ4n) is 5.74. The van der Waals surface area contributed by atoms with Crippen LogP contribution in [0, 0.1) is 0 Å². The second-order valence-corrected chi connectivity index (χ2v) is 13.0. The summed E-state index contributed by atoms with van der Waals surface area (Å²) in [7, 11) is 9.50. The highest BCUT2D eigenvalue weighted by Gasteiger charge is 2.40. The van der Waals surface area contributed by atoms with Crippen LogP contribution in [-0.4, -0.2) is 88.6 Å². The van der Waals surface area contributed by atoms with Crippen LogP contribution in [-0.2, 0) is 12.5 Å². The number of nitrogens with zero attached hydrogens (tertiary/aromatic N) is 8. The molecule has 3 aromatic heterocycles. The Balaban J connectivity index is 1.59. The average Bonchev–Trinajstić information content (AvgIpc) is 3.55. The number of hydrogen-bond acceptors (Lipinski definition) is 11. The lowest BCUT2D eigenvalue weighted by Gasteiger charge is -2.26. The van der Waals surface area contributed by atoms with Crippen molar-refractivity contribution in [2.45, 2.75) is 39.0 Å². The molecule has 0 amide bonds. The fourth-order valence-corrected chi connectivity index (χ4v) is 5.74. The van der Waals surface area contributed by atoms with Gasteiger partial charge in [0.15, 0.2) is 5.82 Å². The number of carbonyl (C=O) groups is 1. The van der Waals surface area contributed by atoms with Crippen LogP contribution in [0.4, 0.5) is 34.5 Å². The number of nitrogens with one attached hydrogen (secondary N) is 1. The first kappa shape index (κ1) is 32.5. The van der Waals surface area contributed by atoms with E-state index in [2.05, 4.69) is 34.1 Å². The topological polar surface area (TPSA) is 151 Å². The molecule has 13 heteroatoms. The number of pyridine rings is 1. The van der Waals surface area contributed by atoms with Crippen molar-refractivity contribution in [3.05, 3.63) is 53.6 Å². The van der Waals surface area contributed by atoms with Crippen LogP contribution in [0.2, 0.25) is 0 Å². The Kier molecular flexibility index (Phi) is 8.81. The number of methoxy groups -OCH3 is 1. The monoisotopic (exact) mass is 628 g/mol. The Hall–Kier alpha value is -4.91. The number of carboxylic acids is 1. The molecule has 244 valence electrons. The molecule has 0 saturated heterocycles. The largest absolute Gasteiger partial charge is 0.494 e. The lowest BCUT2D eigenvalue weighted by Crippen LogP contribution is -2.29. The Morgan fingerprint density at radius 2 is 1.89 bits per heavy atom. The van der Waals surface area contributed by atoms with Crippen LogP contribution >= 0.6 is 0 Å². The van der Waals surface area contributed by atoms with E-state index in [1.54, 1.807) is 24.1 Å². The zero-order chi connectivity index (χ0) is 33.5. The van der Waals surface area contributed by atoms with Crippen molar-refractivity contribution in [1.82, 2.24) is 29.6 Å². The lowest BCUT2D eigenvalue weighted by atomic mass is 9.91. The molecule has 46 heavy (non-hydrogen) atoms. The molecule has 0 unspecified atom stereocenters. The van der Waals surface area contributed by atoms with E-state index in [1.165, 1.54) is 0 Å². The first-order chi connectivity index (χ1) is 21.7. The molecule has 1 aliphatic heterocycles. The second kappa shape index (κ2) is 12.5. The number of aryl methyl sites for hydroxylation is 1. The van der Waals surface area contributed by atoms with Gasteiger partial charge in [-0.25, -0.2) is 14.8 Å². The lowest BCUT2D eigenvalue weighted by molar-refractivity contribution is 0.0695. The maximum absolute atomic E-state index is 12.8. The summed E-state index contributed by atoms with van der Waals surface area (Å²) in [5, 5.41) is 18.1. The number of hydrogen-bond donors (Lipinski definition) is 3. The van der Waals surface area contributed by atoms with E-state index in [0.717, 1.165) is 41.4 Å². The summed E-state index contributed by atoms with van der Waals surface area (Å²) in [5.74, 6) is -0.207. The number of rotatable bonds is 11. The fraction of sp³-hybridized carbons (Fsp3) is 0.424. The average molecular weight is 629 g/mol. The van der Waals surface area contributed by atoms with Crippen molar-refractivity contribution in [3.8, 4) is 17.0 Å². The van der Waals surface area contributed by atoms with Crippen molar-refractivity contribution in [2.24, 2.45) is 7.05 Å². The van der Waals surface area contributed by atoms with Crippen LogP contribution in [0.1, 0.15) is 55.4 Å². The quantitative estimate of drug-likeness (QED) is 0.195. The summed E-state index contributed by atoms with van der Waals surface area (Å²) in [5.41, 5.74) is 11.9. The van der Waals surface area contributed by atoms with Crippen LogP contribution < -0.4 is 25.6 Å². The predicted octanol–water partition coefficient (Wildman–Crippen LogP) is 4.86. The van der Waals surface area contributed by atoms with E-state index in [9.17, 15) is 9.90 Å². The van der Waals surface area contributed by atoms with Gasteiger partial charge >= 0.3 is 5.97 Å². The van der Waals surface area contributed by atoms with Gasteiger partial charge in [-0.3, -0.25) is 4.68 Å². The van der Waals surface area contributed by atoms with Crippen molar-refractivity contribution >= 4 is 40.5 Å². The molecule has 0 radical (unpaired) electrons. The highest BCUT2D eigenvalue weighted by atomic mass is 16.5. The minimum atomic E-state index is -1.09. The Morgan fingerprint density at radius 3 is 2.50 bits per heavy atom. The van der Waals surface area contributed by atoms with Crippen LogP contribution in [0.3, 0.4) is 0 Å². The van der Waals surface area contributed by atoms with Gasteiger partial charge in [0.1, 0.15) is 11.3 Å². The van der Waals surface area contributed by atoms with Crippen molar-refractivity contribution in [3.63, 3.8) is 0 Å². The summed E-state index contributed by atoms with van der Waals surface area (Å²) < 4.78 is 7.49. The first-order valence-corrected chi connectivity index (χ1v) is 15.2. The molecule has 0 bridgehead atoms. The minimum absolute atomic E-state index is 0.0601. The van der Waals surface area contributed by atoms with E-state index in [0.29, 0.717) is 35.2 Å². The van der Waals surface area contributed by atoms with Gasteiger partial charge < -0.3 is 35.6 Å². The Bertz CT molecular complexity index is 1760. The molecule has 5 rings (SSSR count). The van der Waals surface area contributed by atoms with Crippen LogP contribution in [0.15, 0.2) is 36.7 Å². The molecule has 0 fully saturated rings. The van der Waals surface area contributed by atoms with Gasteiger partial charge in [-0.1, -0.05) is 27.7 Å². The van der Waals surface area contributed by atoms with Gasteiger partial charge in [0.2, 0.25) is 5.95 Å². The summed E-state index contributed by atoms with van der Waals surface area (Å²) in [6.45, 7) is 10.2. The maximum Gasteiger partial charge on any atom is 0.341 e. The number of aromatic nitrogens is 5. The summed E-state index contributed by atoms with van der Waals surface area (Å²) in [6.07, 6.45) is 3.70. The molecule has 4 heterocycles. The molecule has 4 aromatic rings. The van der Waals surface area contributed by atoms with E-state index < -0.39 is 11.4 Å². The number of anilines is 6. The van der Waals surface area contributed by atoms with Gasteiger partial charge in [0.25, 0.3) is 0 Å². The van der Waals surface area contributed by atoms with E-state index >= 15 is 0 Å². The molecule has 1 aliphatic rings. The number of fused-ring (bicyclic) bond motifs is 1. The van der Waals surface area contributed by atoms with Crippen LogP contribution in [0.5, 0.6) is 5.75 Å². The van der Waals surface area contributed by atoms with Gasteiger partial charge in [-0.05, 0) is 38.2 Å². The number of nitrogens with two attached hydrogens (primary N) is 1. The first-order valence-electron chi connectivity index (χ1n) is 15.2. The zero-order valence-corrected chi connectivity index (χ0v) is 28.1. The summed E-state index contributed by atoms with van der Waals surface area (Å²) in [4.78, 5) is 33.5. The molecule has 1 aromatic carbocycles. The third-order valence-electron chi connectivity index (χ3n) is 8.18. The van der Waals surface area contributed by atoms with Crippen molar-refractivity contribution in [1.29, 1.82) is 0 Å². The maximum atomic E-state index is 12.8. The number of nitrogen functional groups attached to an aromatic ring is 1. The van der Waals surface area contributed by atoms with Gasteiger partial charge in [0.05, 0.1) is 53.1 Å². The van der Waals surface area contributed by atoms with Crippen molar-refractivity contribution in [2.75, 3.05) is 68.7 Å². The molecule has 13 nitrogen and oxygen atoms in total. The minimum Gasteiger partial charge on any atom is -0.494 e. The molecule has 4 N–H and O–H groups in total.